The van der Waals surface area contributed by atoms with Crippen LogP contribution in [0.2, 0.25) is 0 Å². The van der Waals surface area contributed by atoms with Gasteiger partial charge in [-0.1, -0.05) is 309 Å². The third-order valence-electron chi connectivity index (χ3n) is 13.5. The van der Waals surface area contributed by atoms with Crippen LogP contribution in [0, 0.1) is 0 Å². The number of hydrogen-bond donors (Lipinski definition) is 3. The van der Waals surface area contributed by atoms with Gasteiger partial charge in [0.15, 0.2) is 0 Å². The normalized spacial score (nSPS) is 13.6. The van der Waals surface area contributed by atoms with Gasteiger partial charge in [0.1, 0.15) is 0 Å². The lowest BCUT2D eigenvalue weighted by Gasteiger charge is -2.20. The highest BCUT2D eigenvalue weighted by Crippen LogP contribution is 2.17. The van der Waals surface area contributed by atoms with Gasteiger partial charge in [0, 0.05) is 6.42 Å². The number of carbonyl (C=O) groups excluding carboxylic acids is 1. The minimum absolute atomic E-state index is 0.0899. The number of allylic oxidation sites excluding steroid dienone is 17. The maximum absolute atomic E-state index is 12.5. The Balaban J connectivity index is 3.59. The quantitative estimate of drug-likeness (QED) is 0.0420. The summed E-state index contributed by atoms with van der Waals surface area (Å²) in [6.07, 6.45) is 92.7. The molecule has 3 N–H and O–H groups in total. The first-order valence-corrected chi connectivity index (χ1v) is 30.6. The summed E-state index contributed by atoms with van der Waals surface area (Å²) in [6.45, 7) is 4.20. The second-order valence-electron chi connectivity index (χ2n) is 20.4. The van der Waals surface area contributed by atoms with E-state index in [0.29, 0.717) is 6.42 Å². The summed E-state index contributed by atoms with van der Waals surface area (Å²) in [7, 11) is 0. The highest BCUT2D eigenvalue weighted by molar-refractivity contribution is 5.76. The Kier molecular flexibility index (Phi) is 58.8. The predicted molar refractivity (Wildman–Crippen MR) is 317 cm³/mol. The highest BCUT2D eigenvalue weighted by atomic mass is 16.3. The first-order valence-electron chi connectivity index (χ1n) is 30.6. The van der Waals surface area contributed by atoms with Crippen LogP contribution in [-0.2, 0) is 4.79 Å². The molecular formula is C67H117NO3. The molecule has 0 rings (SSSR count). The molecule has 0 saturated heterocycles. The molecule has 0 spiro atoms. The van der Waals surface area contributed by atoms with Gasteiger partial charge in [0.25, 0.3) is 0 Å². The van der Waals surface area contributed by atoms with Gasteiger partial charge in [-0.3, -0.25) is 4.79 Å². The molecule has 2 atom stereocenters. The van der Waals surface area contributed by atoms with Crippen molar-refractivity contribution in [3.05, 3.63) is 109 Å². The number of aliphatic hydroxyl groups excluding tert-OH is 2. The molecule has 4 heteroatoms. The number of hydrogen-bond acceptors (Lipinski definition) is 3. The molecule has 408 valence electrons. The van der Waals surface area contributed by atoms with E-state index in [-0.39, 0.29) is 12.5 Å². The van der Waals surface area contributed by atoms with Gasteiger partial charge in [-0.05, 0) is 83.5 Å². The molecule has 0 fully saturated rings. The standard InChI is InChI=1S/C67H117NO3/c1-3-5-7-9-11-13-15-17-19-21-23-25-27-29-31-33-35-36-38-40-42-44-46-48-50-52-54-56-58-60-62-66(70)65(64-69)68-67(71)63-61-59-57-55-53-51-49-47-45-43-41-39-37-34-32-30-28-26-24-22-20-18-16-14-12-10-8-6-4-2/h6,8,12,14,18,20,24,26,30,32,37,39,43,45,49,51,60,62,65-66,69-70H,3-5,7,9-11,13,15-17,19,21-23,25,27-29,31,33-36,38,40-42,44,46-48,50,52-59,61,63-64H2,1-2H3,(H,68,71)/b8-6-,14-12-,20-18-,26-24-,32-30-,39-37-,45-43-,51-49-,62-60+. The Morgan fingerprint density at radius 1 is 0.352 bits per heavy atom. The molecule has 1 amide bonds. The lowest BCUT2D eigenvalue weighted by atomic mass is 10.0. The van der Waals surface area contributed by atoms with E-state index in [1.807, 2.05) is 6.08 Å². The number of rotatable bonds is 55. The van der Waals surface area contributed by atoms with Crippen molar-refractivity contribution in [1.29, 1.82) is 0 Å². The Hall–Kier alpha value is -2.95. The van der Waals surface area contributed by atoms with Crippen LogP contribution < -0.4 is 5.32 Å². The van der Waals surface area contributed by atoms with Crippen molar-refractivity contribution in [1.82, 2.24) is 5.32 Å². The zero-order valence-corrected chi connectivity index (χ0v) is 47.0. The number of aliphatic hydroxyl groups is 2. The van der Waals surface area contributed by atoms with Gasteiger partial charge < -0.3 is 15.5 Å². The number of amides is 1. The molecule has 0 heterocycles. The first-order chi connectivity index (χ1) is 35.2. The van der Waals surface area contributed by atoms with Gasteiger partial charge in [0.2, 0.25) is 5.91 Å². The number of carbonyl (C=O) groups is 1. The van der Waals surface area contributed by atoms with Crippen molar-refractivity contribution in [3.63, 3.8) is 0 Å². The number of nitrogens with one attached hydrogen (secondary N) is 1. The van der Waals surface area contributed by atoms with Crippen molar-refractivity contribution in [3.8, 4) is 0 Å². The monoisotopic (exact) mass is 984 g/mol. The van der Waals surface area contributed by atoms with Gasteiger partial charge in [0.05, 0.1) is 18.8 Å². The van der Waals surface area contributed by atoms with E-state index >= 15 is 0 Å². The Labute approximate surface area is 442 Å². The second-order valence-corrected chi connectivity index (χ2v) is 20.4. The van der Waals surface area contributed by atoms with Crippen LogP contribution in [0.15, 0.2) is 109 Å². The van der Waals surface area contributed by atoms with E-state index in [9.17, 15) is 15.0 Å². The summed E-state index contributed by atoms with van der Waals surface area (Å²) < 4.78 is 0. The maximum Gasteiger partial charge on any atom is 0.220 e. The molecule has 0 aromatic heterocycles. The molecule has 0 saturated carbocycles. The minimum Gasteiger partial charge on any atom is -0.394 e. The van der Waals surface area contributed by atoms with E-state index in [1.54, 1.807) is 6.08 Å². The summed E-state index contributed by atoms with van der Waals surface area (Å²) in [5, 5.41) is 23.2. The average Bonchev–Trinajstić information content (AvgIpc) is 3.37. The van der Waals surface area contributed by atoms with Crippen LogP contribution in [0.5, 0.6) is 0 Å². The van der Waals surface area contributed by atoms with Crippen LogP contribution in [-0.4, -0.2) is 34.9 Å². The van der Waals surface area contributed by atoms with Gasteiger partial charge in [-0.2, -0.15) is 0 Å². The van der Waals surface area contributed by atoms with E-state index in [1.165, 1.54) is 173 Å². The van der Waals surface area contributed by atoms with Gasteiger partial charge >= 0.3 is 0 Å². The smallest absolute Gasteiger partial charge is 0.220 e. The summed E-state index contributed by atoms with van der Waals surface area (Å²) in [6, 6.07) is -0.646. The maximum atomic E-state index is 12.5. The van der Waals surface area contributed by atoms with Crippen molar-refractivity contribution in [2.24, 2.45) is 0 Å². The lowest BCUT2D eigenvalue weighted by molar-refractivity contribution is -0.123. The van der Waals surface area contributed by atoms with Gasteiger partial charge in [-0.25, -0.2) is 0 Å². The average molecular weight is 985 g/mol. The van der Waals surface area contributed by atoms with E-state index in [2.05, 4.69) is 116 Å². The molecular weight excluding hydrogens is 867 g/mol. The summed E-state index contributed by atoms with van der Waals surface area (Å²) in [5.41, 5.74) is 0. The molecule has 0 bridgehead atoms. The first kappa shape index (κ1) is 68.0. The Morgan fingerprint density at radius 3 is 0.930 bits per heavy atom. The molecule has 0 aliphatic carbocycles. The van der Waals surface area contributed by atoms with E-state index in [0.717, 1.165) is 96.3 Å². The SMILES string of the molecule is CC/C=C\C/C=C\C/C=C\C/C=C\C/C=C\C/C=C\C/C=C\C/C=C\CCCCCCC(=O)NC(CO)C(O)/C=C/CCCCCCCCCCCCCCCCCCCCCCCCCCCCCC. The fourth-order valence-corrected chi connectivity index (χ4v) is 8.90. The van der Waals surface area contributed by atoms with Crippen molar-refractivity contribution in [2.45, 2.75) is 302 Å². The third kappa shape index (κ3) is 57.8. The predicted octanol–water partition coefficient (Wildman–Crippen LogP) is 20.6. The van der Waals surface area contributed by atoms with E-state index in [4.69, 9.17) is 0 Å². The minimum atomic E-state index is -0.860. The molecule has 2 unspecified atom stereocenters. The van der Waals surface area contributed by atoms with Crippen molar-refractivity contribution in [2.75, 3.05) is 6.61 Å². The van der Waals surface area contributed by atoms with Gasteiger partial charge in [-0.15, -0.1) is 0 Å². The summed E-state index contributed by atoms with van der Waals surface area (Å²) in [5.74, 6) is -0.0899. The van der Waals surface area contributed by atoms with Crippen LogP contribution >= 0.6 is 0 Å². The van der Waals surface area contributed by atoms with Crippen molar-refractivity contribution >= 4 is 5.91 Å². The summed E-state index contributed by atoms with van der Waals surface area (Å²) in [4.78, 5) is 12.5. The molecule has 4 nitrogen and oxygen atoms in total. The largest absolute Gasteiger partial charge is 0.394 e. The topological polar surface area (TPSA) is 69.6 Å². The Morgan fingerprint density at radius 2 is 0.620 bits per heavy atom. The van der Waals surface area contributed by atoms with Crippen LogP contribution in [0.4, 0.5) is 0 Å². The molecule has 71 heavy (non-hydrogen) atoms. The second kappa shape index (κ2) is 61.4. The van der Waals surface area contributed by atoms with Crippen molar-refractivity contribution < 1.29 is 15.0 Å². The third-order valence-corrected chi connectivity index (χ3v) is 13.5. The molecule has 0 radical (unpaired) electrons. The fraction of sp³-hybridized carbons (Fsp3) is 0.716. The number of unbranched alkanes of at least 4 members (excludes halogenated alkanes) is 32. The van der Waals surface area contributed by atoms with Crippen LogP contribution in [0.25, 0.3) is 0 Å². The molecule has 0 aromatic carbocycles. The summed E-state index contributed by atoms with van der Waals surface area (Å²) >= 11 is 0. The fourth-order valence-electron chi connectivity index (χ4n) is 8.90. The zero-order valence-electron chi connectivity index (χ0n) is 47.0. The molecule has 0 aliphatic rings. The van der Waals surface area contributed by atoms with E-state index < -0.39 is 12.1 Å². The van der Waals surface area contributed by atoms with Crippen LogP contribution in [0.3, 0.4) is 0 Å². The Bertz CT molecular complexity index is 1350. The lowest BCUT2D eigenvalue weighted by Crippen LogP contribution is -2.45. The molecule has 0 aliphatic heterocycles. The highest BCUT2D eigenvalue weighted by Gasteiger charge is 2.18. The van der Waals surface area contributed by atoms with Crippen LogP contribution in [0.1, 0.15) is 290 Å². The molecule has 0 aromatic rings. The zero-order chi connectivity index (χ0) is 51.3.